The van der Waals surface area contributed by atoms with Crippen molar-refractivity contribution in [2.75, 3.05) is 7.05 Å². The van der Waals surface area contributed by atoms with Gasteiger partial charge in [0.25, 0.3) is 0 Å². The molecule has 0 saturated heterocycles. The molecule has 1 amide bonds. The highest BCUT2D eigenvalue weighted by Crippen LogP contribution is 2.16. The number of hydrogen-bond donors (Lipinski definition) is 1. The zero-order valence-corrected chi connectivity index (χ0v) is 13.2. The van der Waals surface area contributed by atoms with Gasteiger partial charge in [-0.3, -0.25) is 9.48 Å². The van der Waals surface area contributed by atoms with Gasteiger partial charge >= 0.3 is 5.97 Å². The smallest absolute Gasteiger partial charge is 0.356 e. The summed E-state index contributed by atoms with van der Waals surface area (Å²) in [6, 6.07) is 4.46. The van der Waals surface area contributed by atoms with E-state index < -0.39 is 23.6 Å². The quantitative estimate of drug-likeness (QED) is 0.874. The summed E-state index contributed by atoms with van der Waals surface area (Å²) >= 11 is 0. The number of carboxylic acid groups (broad SMARTS) is 1. The van der Waals surface area contributed by atoms with Gasteiger partial charge in [0.1, 0.15) is 18.2 Å². The summed E-state index contributed by atoms with van der Waals surface area (Å²) in [5, 5.41) is 12.6. The van der Waals surface area contributed by atoms with Crippen molar-refractivity contribution in [3.8, 4) is 0 Å². The van der Waals surface area contributed by atoms with Gasteiger partial charge in [0, 0.05) is 24.8 Å². The minimum atomic E-state index is -1.18. The van der Waals surface area contributed by atoms with Gasteiger partial charge in [-0.05, 0) is 31.5 Å². The molecular weight excluding hydrogens is 320 g/mol. The van der Waals surface area contributed by atoms with Crippen LogP contribution in [0.2, 0.25) is 0 Å². The second-order valence-corrected chi connectivity index (χ2v) is 5.46. The number of rotatable bonds is 6. The largest absolute Gasteiger partial charge is 0.476 e. The Balaban J connectivity index is 2.02. The van der Waals surface area contributed by atoms with E-state index in [1.807, 2.05) is 0 Å². The molecule has 2 rings (SSSR count). The summed E-state index contributed by atoms with van der Waals surface area (Å²) in [7, 11) is 1.52. The number of nitrogens with zero attached hydrogens (tertiary/aromatic N) is 3. The van der Waals surface area contributed by atoms with Crippen molar-refractivity contribution in [3.63, 3.8) is 0 Å². The molecule has 8 heteroatoms. The molecule has 1 aromatic heterocycles. The summed E-state index contributed by atoms with van der Waals surface area (Å²) in [5.74, 6) is -2.83. The van der Waals surface area contributed by atoms with E-state index in [-0.39, 0.29) is 30.1 Å². The molecule has 0 aliphatic rings. The van der Waals surface area contributed by atoms with E-state index in [2.05, 4.69) is 5.10 Å². The minimum Gasteiger partial charge on any atom is -0.476 e. The first-order chi connectivity index (χ1) is 11.3. The first-order valence-corrected chi connectivity index (χ1v) is 7.25. The third-order valence-electron chi connectivity index (χ3n) is 3.77. The van der Waals surface area contributed by atoms with Gasteiger partial charge in [-0.15, -0.1) is 0 Å². The summed E-state index contributed by atoms with van der Waals surface area (Å²) in [4.78, 5) is 24.3. The predicted octanol–water partition coefficient (Wildman–Crippen LogP) is 1.95. The normalized spacial score (nSPS) is 12.0. The SMILES string of the molecule is C[C@@H](Cc1c(F)cccc1F)N(C)C(=O)Cn1ccc(C(=O)O)n1. The molecule has 0 saturated carbocycles. The van der Waals surface area contributed by atoms with Crippen molar-refractivity contribution in [1.29, 1.82) is 0 Å². The summed E-state index contributed by atoms with van der Waals surface area (Å²) in [6.07, 6.45) is 1.41. The number of amides is 1. The van der Waals surface area contributed by atoms with Crippen molar-refractivity contribution >= 4 is 11.9 Å². The molecule has 0 unspecified atom stereocenters. The standard InChI is InChI=1S/C16H17F2N3O3/c1-10(8-11-12(17)4-3-5-13(11)18)20(2)15(22)9-21-7-6-14(19-21)16(23)24/h3-7,10H,8-9H2,1-2H3,(H,23,24)/t10-/m0/s1. The van der Waals surface area contributed by atoms with Gasteiger partial charge in [-0.25, -0.2) is 13.6 Å². The molecule has 0 bridgehead atoms. The average molecular weight is 337 g/mol. The Morgan fingerprint density at radius 2 is 1.92 bits per heavy atom. The van der Waals surface area contributed by atoms with Crippen LogP contribution in [-0.2, 0) is 17.8 Å². The first-order valence-electron chi connectivity index (χ1n) is 7.25. The fourth-order valence-electron chi connectivity index (χ4n) is 2.22. The maximum Gasteiger partial charge on any atom is 0.356 e. The number of halogens is 2. The van der Waals surface area contributed by atoms with E-state index in [1.165, 1.54) is 47.1 Å². The van der Waals surface area contributed by atoms with Crippen LogP contribution in [0.25, 0.3) is 0 Å². The molecule has 0 fully saturated rings. The van der Waals surface area contributed by atoms with Gasteiger partial charge in [0.05, 0.1) is 0 Å². The van der Waals surface area contributed by atoms with E-state index in [4.69, 9.17) is 5.11 Å². The number of carboxylic acids is 1. The molecule has 1 N–H and O–H groups in total. The van der Waals surface area contributed by atoms with Gasteiger partial charge in [0.15, 0.2) is 5.69 Å². The molecule has 0 aliphatic heterocycles. The molecule has 1 heterocycles. The Bertz CT molecular complexity index is 741. The summed E-state index contributed by atoms with van der Waals surface area (Å²) in [6.45, 7) is 1.52. The van der Waals surface area contributed by atoms with Gasteiger partial charge in [0.2, 0.25) is 5.91 Å². The molecule has 0 spiro atoms. The highest BCUT2D eigenvalue weighted by atomic mass is 19.1. The molecule has 128 valence electrons. The molecular formula is C16H17F2N3O3. The van der Waals surface area contributed by atoms with Crippen molar-refractivity contribution in [3.05, 3.63) is 53.4 Å². The second-order valence-electron chi connectivity index (χ2n) is 5.46. The van der Waals surface area contributed by atoms with E-state index >= 15 is 0 Å². The third-order valence-corrected chi connectivity index (χ3v) is 3.77. The third kappa shape index (κ3) is 3.95. The maximum absolute atomic E-state index is 13.7. The second kappa shape index (κ2) is 7.20. The van der Waals surface area contributed by atoms with Gasteiger partial charge < -0.3 is 10.0 Å². The monoisotopic (exact) mass is 337 g/mol. The number of carbonyl (C=O) groups is 2. The van der Waals surface area contributed by atoms with Crippen molar-refractivity contribution in [2.45, 2.75) is 25.9 Å². The van der Waals surface area contributed by atoms with Crippen molar-refractivity contribution in [2.24, 2.45) is 0 Å². The van der Waals surface area contributed by atoms with Crippen LogP contribution < -0.4 is 0 Å². The van der Waals surface area contributed by atoms with Crippen LogP contribution >= 0.6 is 0 Å². The van der Waals surface area contributed by atoms with Crippen molar-refractivity contribution < 1.29 is 23.5 Å². The predicted molar refractivity (Wildman–Crippen MR) is 81.5 cm³/mol. The van der Waals surface area contributed by atoms with E-state index in [0.29, 0.717) is 0 Å². The van der Waals surface area contributed by atoms with Crippen LogP contribution in [0.3, 0.4) is 0 Å². The lowest BCUT2D eigenvalue weighted by atomic mass is 10.0. The average Bonchev–Trinajstić information content (AvgIpc) is 2.98. The van der Waals surface area contributed by atoms with Crippen molar-refractivity contribution in [1.82, 2.24) is 14.7 Å². The highest BCUT2D eigenvalue weighted by molar-refractivity contribution is 5.85. The Morgan fingerprint density at radius 3 is 2.46 bits per heavy atom. The van der Waals surface area contributed by atoms with Gasteiger partial charge in [-0.2, -0.15) is 5.10 Å². The van der Waals surface area contributed by atoms with E-state index in [1.54, 1.807) is 6.92 Å². The Hall–Kier alpha value is -2.77. The van der Waals surface area contributed by atoms with Crippen LogP contribution in [-0.4, -0.2) is 44.8 Å². The topological polar surface area (TPSA) is 75.4 Å². The first kappa shape index (κ1) is 17.6. The van der Waals surface area contributed by atoms with Gasteiger partial charge in [-0.1, -0.05) is 6.07 Å². The number of carbonyl (C=O) groups excluding carboxylic acids is 1. The van der Waals surface area contributed by atoms with Crippen LogP contribution in [0.4, 0.5) is 8.78 Å². The summed E-state index contributed by atoms with van der Waals surface area (Å²) in [5.41, 5.74) is -0.233. The fraction of sp³-hybridized carbons (Fsp3) is 0.312. The molecule has 24 heavy (non-hydrogen) atoms. The number of aromatic nitrogens is 2. The maximum atomic E-state index is 13.7. The highest BCUT2D eigenvalue weighted by Gasteiger charge is 2.20. The fourth-order valence-corrected chi connectivity index (χ4v) is 2.22. The van der Waals surface area contributed by atoms with E-state index in [0.717, 1.165) is 0 Å². The lowest BCUT2D eigenvalue weighted by Crippen LogP contribution is -2.39. The number of benzene rings is 1. The number of aromatic carboxylic acids is 1. The molecule has 1 atom stereocenters. The molecule has 0 aliphatic carbocycles. The Morgan fingerprint density at radius 1 is 1.29 bits per heavy atom. The molecule has 2 aromatic rings. The zero-order chi connectivity index (χ0) is 17.9. The molecule has 6 nitrogen and oxygen atoms in total. The lowest BCUT2D eigenvalue weighted by molar-refractivity contribution is -0.132. The summed E-state index contributed by atoms with van der Waals surface area (Å²) < 4.78 is 28.6. The Labute approximate surface area is 137 Å². The lowest BCUT2D eigenvalue weighted by Gasteiger charge is -2.25. The molecule has 1 aromatic carbocycles. The van der Waals surface area contributed by atoms with E-state index in [9.17, 15) is 18.4 Å². The number of hydrogen-bond acceptors (Lipinski definition) is 3. The zero-order valence-electron chi connectivity index (χ0n) is 13.2. The van der Waals surface area contributed by atoms with Crippen LogP contribution in [0.1, 0.15) is 23.0 Å². The van der Waals surface area contributed by atoms with Crippen LogP contribution in [0, 0.1) is 11.6 Å². The minimum absolute atomic E-state index is 0.0280. The van der Waals surface area contributed by atoms with Crippen LogP contribution in [0.15, 0.2) is 30.5 Å². The molecule has 0 radical (unpaired) electrons. The number of likely N-dealkylation sites (N-methyl/N-ethyl adjacent to an activating group) is 1. The van der Waals surface area contributed by atoms with Crippen LogP contribution in [0.5, 0.6) is 0 Å². The Kier molecular flexibility index (Phi) is 5.28.